The van der Waals surface area contributed by atoms with Crippen molar-refractivity contribution in [2.75, 3.05) is 25.1 Å². The summed E-state index contributed by atoms with van der Waals surface area (Å²) in [7, 11) is 0. The number of hydrogen-bond donors (Lipinski definition) is 1. The monoisotopic (exact) mass is 429 g/mol. The molecule has 0 aliphatic rings. The normalized spacial score (nSPS) is 11.7. The fourth-order valence-corrected chi connectivity index (χ4v) is 4.03. The molecule has 0 bridgehead atoms. The molecule has 164 valence electrons. The number of benzene rings is 2. The summed E-state index contributed by atoms with van der Waals surface area (Å²) in [6.07, 6.45) is 1.61. The number of anilines is 1. The number of nitrogens with one attached hydrogen (secondary N) is 1. The zero-order chi connectivity index (χ0) is 21.9. The fraction of sp³-hybridized carbons (Fsp3) is 0.333. The van der Waals surface area contributed by atoms with Crippen LogP contribution in [0.3, 0.4) is 0 Å². The number of fused-ring (bicyclic) bond motifs is 4. The summed E-state index contributed by atoms with van der Waals surface area (Å²) in [4.78, 5) is 14.3. The van der Waals surface area contributed by atoms with Gasteiger partial charge in [-0.2, -0.15) is 4.52 Å². The first-order chi connectivity index (χ1) is 15.7. The van der Waals surface area contributed by atoms with E-state index in [1.54, 1.807) is 0 Å². The summed E-state index contributed by atoms with van der Waals surface area (Å²) in [6.45, 7) is 7.03. The van der Waals surface area contributed by atoms with Crippen LogP contribution in [0.2, 0.25) is 0 Å². The van der Waals surface area contributed by atoms with E-state index in [2.05, 4.69) is 20.9 Å². The number of imidazole rings is 1. The maximum absolute atomic E-state index is 5.44. The summed E-state index contributed by atoms with van der Waals surface area (Å²) in [5.74, 6) is 2.50. The van der Waals surface area contributed by atoms with Crippen molar-refractivity contribution in [1.82, 2.24) is 29.1 Å². The van der Waals surface area contributed by atoms with Gasteiger partial charge < -0.3 is 14.6 Å². The van der Waals surface area contributed by atoms with E-state index >= 15 is 0 Å². The van der Waals surface area contributed by atoms with Gasteiger partial charge in [-0.3, -0.25) is 0 Å². The average Bonchev–Trinajstić information content (AvgIpc) is 3.38. The Kier molecular flexibility index (Phi) is 5.68. The van der Waals surface area contributed by atoms with Crippen LogP contribution in [0.25, 0.3) is 27.6 Å². The van der Waals surface area contributed by atoms with Gasteiger partial charge in [-0.25, -0.2) is 15.0 Å². The molecule has 32 heavy (non-hydrogen) atoms. The van der Waals surface area contributed by atoms with Gasteiger partial charge in [0.15, 0.2) is 11.5 Å². The van der Waals surface area contributed by atoms with Crippen molar-refractivity contribution in [3.8, 4) is 0 Å². The lowest BCUT2D eigenvalue weighted by molar-refractivity contribution is 0.147. The highest BCUT2D eigenvalue weighted by atomic mass is 16.5. The predicted molar refractivity (Wildman–Crippen MR) is 126 cm³/mol. The Hall–Kier alpha value is -3.52. The fourth-order valence-electron chi connectivity index (χ4n) is 4.03. The first kappa shape index (κ1) is 20.4. The standard InChI is InChI=1S/C24H27N7O/c1-3-32-16-8-14-25-24-27-19-10-5-4-9-18(19)23-28-22(29-31(23)24)13-15-30-17(2)26-20-11-6-7-12-21(20)30/h4-7,9-12H,3,8,13-16H2,1-2H3,(H,25,27). The van der Waals surface area contributed by atoms with Crippen molar-refractivity contribution in [1.29, 1.82) is 0 Å². The van der Waals surface area contributed by atoms with Gasteiger partial charge in [-0.15, -0.1) is 5.10 Å². The van der Waals surface area contributed by atoms with Crippen LogP contribution >= 0.6 is 0 Å². The highest BCUT2D eigenvalue weighted by Crippen LogP contribution is 2.21. The number of aryl methyl sites for hydroxylation is 3. The second kappa shape index (κ2) is 8.92. The van der Waals surface area contributed by atoms with Crippen LogP contribution < -0.4 is 5.32 Å². The number of ether oxygens (including phenoxy) is 1. The van der Waals surface area contributed by atoms with Gasteiger partial charge in [0.05, 0.1) is 16.6 Å². The Labute approximate surface area is 186 Å². The minimum absolute atomic E-state index is 0.707. The second-order valence-electron chi connectivity index (χ2n) is 7.74. The molecule has 0 unspecified atom stereocenters. The molecule has 3 heterocycles. The maximum atomic E-state index is 5.44. The van der Waals surface area contributed by atoms with Crippen LogP contribution in [0.15, 0.2) is 48.5 Å². The maximum Gasteiger partial charge on any atom is 0.226 e. The molecular formula is C24H27N7O. The molecule has 0 aliphatic carbocycles. The lowest BCUT2D eigenvalue weighted by atomic mass is 10.2. The summed E-state index contributed by atoms with van der Waals surface area (Å²) >= 11 is 0. The third kappa shape index (κ3) is 3.89. The van der Waals surface area contributed by atoms with E-state index in [4.69, 9.17) is 19.8 Å². The quantitative estimate of drug-likeness (QED) is 0.357. The lowest BCUT2D eigenvalue weighted by Crippen LogP contribution is -2.11. The molecule has 5 rings (SSSR count). The van der Waals surface area contributed by atoms with E-state index in [0.29, 0.717) is 12.4 Å². The van der Waals surface area contributed by atoms with Crippen LogP contribution in [-0.4, -0.2) is 48.9 Å². The molecule has 0 atom stereocenters. The average molecular weight is 430 g/mol. The minimum Gasteiger partial charge on any atom is -0.382 e. The van der Waals surface area contributed by atoms with Crippen LogP contribution in [0.1, 0.15) is 25.0 Å². The van der Waals surface area contributed by atoms with Crippen molar-refractivity contribution in [2.45, 2.75) is 33.2 Å². The molecule has 1 N–H and O–H groups in total. The summed E-state index contributed by atoms with van der Waals surface area (Å²) < 4.78 is 9.50. The second-order valence-corrected chi connectivity index (χ2v) is 7.74. The van der Waals surface area contributed by atoms with E-state index < -0.39 is 0 Å². The van der Waals surface area contributed by atoms with E-state index in [-0.39, 0.29) is 0 Å². The van der Waals surface area contributed by atoms with Crippen molar-refractivity contribution in [3.63, 3.8) is 0 Å². The first-order valence-corrected chi connectivity index (χ1v) is 11.1. The molecule has 0 fully saturated rings. The van der Waals surface area contributed by atoms with Crippen LogP contribution in [0.4, 0.5) is 5.95 Å². The zero-order valence-electron chi connectivity index (χ0n) is 18.5. The Balaban J connectivity index is 1.44. The highest BCUT2D eigenvalue weighted by Gasteiger charge is 2.14. The molecule has 2 aromatic carbocycles. The minimum atomic E-state index is 0.707. The number of aromatic nitrogens is 6. The molecule has 0 aliphatic heterocycles. The van der Waals surface area contributed by atoms with Crippen LogP contribution in [0.5, 0.6) is 0 Å². The molecule has 0 saturated carbocycles. The van der Waals surface area contributed by atoms with E-state index in [1.165, 1.54) is 0 Å². The predicted octanol–water partition coefficient (Wildman–Crippen LogP) is 4.02. The molecule has 0 amide bonds. The van der Waals surface area contributed by atoms with Crippen LogP contribution in [0, 0.1) is 6.92 Å². The molecule has 5 aromatic rings. The number of rotatable bonds is 9. The number of para-hydroxylation sites is 3. The molecule has 3 aromatic heterocycles. The Bertz CT molecular complexity index is 1370. The largest absolute Gasteiger partial charge is 0.382 e. The molecule has 0 spiro atoms. The van der Waals surface area contributed by atoms with Crippen molar-refractivity contribution in [3.05, 3.63) is 60.2 Å². The molecule has 8 nitrogen and oxygen atoms in total. The van der Waals surface area contributed by atoms with Gasteiger partial charge in [-0.05, 0) is 44.5 Å². The van der Waals surface area contributed by atoms with E-state index in [9.17, 15) is 0 Å². The first-order valence-electron chi connectivity index (χ1n) is 11.1. The smallest absolute Gasteiger partial charge is 0.226 e. The Morgan fingerprint density at radius 2 is 1.78 bits per heavy atom. The van der Waals surface area contributed by atoms with Gasteiger partial charge in [-0.1, -0.05) is 24.3 Å². The zero-order valence-corrected chi connectivity index (χ0v) is 18.5. The van der Waals surface area contributed by atoms with E-state index in [1.807, 2.05) is 60.8 Å². The third-order valence-corrected chi connectivity index (χ3v) is 5.58. The van der Waals surface area contributed by atoms with Crippen molar-refractivity contribution >= 4 is 33.5 Å². The van der Waals surface area contributed by atoms with Gasteiger partial charge in [0, 0.05) is 38.1 Å². The van der Waals surface area contributed by atoms with Crippen LogP contribution in [-0.2, 0) is 17.7 Å². The molecule has 0 radical (unpaired) electrons. The van der Waals surface area contributed by atoms with Crippen molar-refractivity contribution < 1.29 is 4.74 Å². The van der Waals surface area contributed by atoms with Crippen molar-refractivity contribution in [2.24, 2.45) is 0 Å². The highest BCUT2D eigenvalue weighted by molar-refractivity contribution is 5.92. The summed E-state index contributed by atoms with van der Waals surface area (Å²) in [5.41, 5.74) is 3.88. The molecular weight excluding hydrogens is 402 g/mol. The molecule has 8 heteroatoms. The van der Waals surface area contributed by atoms with Gasteiger partial charge in [0.2, 0.25) is 5.95 Å². The third-order valence-electron chi connectivity index (χ3n) is 5.58. The topological polar surface area (TPSA) is 82.2 Å². The Morgan fingerprint density at radius 3 is 2.66 bits per heavy atom. The summed E-state index contributed by atoms with van der Waals surface area (Å²) in [6, 6.07) is 16.3. The van der Waals surface area contributed by atoms with Gasteiger partial charge in [0.1, 0.15) is 5.82 Å². The van der Waals surface area contributed by atoms with Gasteiger partial charge >= 0.3 is 0 Å². The van der Waals surface area contributed by atoms with Gasteiger partial charge in [0.25, 0.3) is 0 Å². The summed E-state index contributed by atoms with van der Waals surface area (Å²) in [5, 5.41) is 9.21. The lowest BCUT2D eigenvalue weighted by Gasteiger charge is -2.09. The number of hydrogen-bond acceptors (Lipinski definition) is 6. The number of nitrogens with zero attached hydrogens (tertiary/aromatic N) is 6. The SMILES string of the molecule is CCOCCCNc1nc2ccccc2c2nc(CCn3c(C)nc4ccccc43)nn12. The molecule has 0 saturated heterocycles. The van der Waals surface area contributed by atoms with E-state index in [0.717, 1.165) is 72.0 Å². The Morgan fingerprint density at radius 1 is 0.969 bits per heavy atom.